The number of H-pyrrole nitrogens is 1. The highest BCUT2D eigenvalue weighted by atomic mass is 32.1. The molecule has 3 aromatic heterocycles. The number of nitrogens with zero attached hydrogens (tertiary/aromatic N) is 4. The number of piperidine rings is 1. The van der Waals surface area contributed by atoms with Gasteiger partial charge in [0.25, 0.3) is 11.5 Å². The standard InChI is InChI=1S/C19H17N5O2S/c25-17-12-5-1-2-6-14(12)24-16(22-17)13(11-21-24)19(26)23-9-4-3-7-15(23)18-20-8-10-27-18/h1-2,5-6,8,10-11,15H,3-4,7,9H2,(H,22,25). The lowest BCUT2D eigenvalue weighted by molar-refractivity contribution is 0.0613. The van der Waals surface area contributed by atoms with Crippen LogP contribution in [0.1, 0.15) is 40.7 Å². The Morgan fingerprint density at radius 2 is 2.15 bits per heavy atom. The molecule has 0 saturated carbocycles. The van der Waals surface area contributed by atoms with Gasteiger partial charge in [-0.3, -0.25) is 9.59 Å². The number of hydrogen-bond acceptors (Lipinski definition) is 5. The topological polar surface area (TPSA) is 83.4 Å². The van der Waals surface area contributed by atoms with Crippen molar-refractivity contribution < 1.29 is 4.79 Å². The van der Waals surface area contributed by atoms with Crippen molar-refractivity contribution in [2.45, 2.75) is 25.3 Å². The Kier molecular flexibility index (Phi) is 3.78. The summed E-state index contributed by atoms with van der Waals surface area (Å²) in [5.74, 6) is -0.115. The van der Waals surface area contributed by atoms with Crippen molar-refractivity contribution in [3.05, 3.63) is 63.0 Å². The van der Waals surface area contributed by atoms with Crippen LogP contribution in [-0.2, 0) is 0 Å². The van der Waals surface area contributed by atoms with Crippen molar-refractivity contribution in [3.8, 4) is 0 Å². The highest BCUT2D eigenvalue weighted by Crippen LogP contribution is 2.33. The van der Waals surface area contributed by atoms with Gasteiger partial charge in [0.2, 0.25) is 0 Å². The first-order chi connectivity index (χ1) is 13.2. The third kappa shape index (κ3) is 2.56. The van der Waals surface area contributed by atoms with Gasteiger partial charge in [-0.15, -0.1) is 11.3 Å². The van der Waals surface area contributed by atoms with Gasteiger partial charge < -0.3 is 9.88 Å². The van der Waals surface area contributed by atoms with Gasteiger partial charge in [-0.25, -0.2) is 9.50 Å². The first-order valence-electron chi connectivity index (χ1n) is 8.93. The van der Waals surface area contributed by atoms with Crippen molar-refractivity contribution in [1.82, 2.24) is 24.5 Å². The summed E-state index contributed by atoms with van der Waals surface area (Å²) in [5.41, 5.74) is 1.32. The average molecular weight is 379 g/mol. The van der Waals surface area contributed by atoms with Crippen LogP contribution in [0, 0.1) is 0 Å². The van der Waals surface area contributed by atoms with E-state index in [2.05, 4.69) is 15.1 Å². The molecule has 4 aromatic rings. The van der Waals surface area contributed by atoms with Crippen molar-refractivity contribution in [2.24, 2.45) is 0 Å². The maximum absolute atomic E-state index is 13.4. The van der Waals surface area contributed by atoms with E-state index in [4.69, 9.17) is 0 Å². The van der Waals surface area contributed by atoms with Crippen molar-refractivity contribution >= 4 is 33.8 Å². The van der Waals surface area contributed by atoms with Gasteiger partial charge in [-0.2, -0.15) is 5.10 Å². The van der Waals surface area contributed by atoms with E-state index >= 15 is 0 Å². The lowest BCUT2D eigenvalue weighted by Crippen LogP contribution is -2.38. The van der Waals surface area contributed by atoms with E-state index in [-0.39, 0.29) is 17.5 Å². The number of fused-ring (bicyclic) bond motifs is 3. The second-order valence-electron chi connectivity index (χ2n) is 6.67. The molecule has 27 heavy (non-hydrogen) atoms. The normalized spacial score (nSPS) is 17.6. The fourth-order valence-electron chi connectivity index (χ4n) is 3.82. The number of aromatic nitrogens is 4. The summed E-state index contributed by atoms with van der Waals surface area (Å²) in [4.78, 5) is 34.9. The maximum atomic E-state index is 13.4. The van der Waals surface area contributed by atoms with Crippen LogP contribution in [0.5, 0.6) is 0 Å². The lowest BCUT2D eigenvalue weighted by Gasteiger charge is -2.34. The molecule has 7 nitrogen and oxygen atoms in total. The number of likely N-dealkylation sites (tertiary alicyclic amines) is 1. The molecule has 4 heterocycles. The molecule has 0 radical (unpaired) electrons. The van der Waals surface area contributed by atoms with Crippen LogP contribution in [0.15, 0.2) is 46.8 Å². The largest absolute Gasteiger partial charge is 0.329 e. The smallest absolute Gasteiger partial charge is 0.259 e. The Morgan fingerprint density at radius 1 is 1.26 bits per heavy atom. The molecule has 1 saturated heterocycles. The van der Waals surface area contributed by atoms with Crippen LogP contribution in [0.2, 0.25) is 0 Å². The molecule has 1 fully saturated rings. The van der Waals surface area contributed by atoms with Gasteiger partial charge >= 0.3 is 0 Å². The number of rotatable bonds is 2. The molecule has 1 N–H and O–H groups in total. The molecule has 1 atom stereocenters. The Morgan fingerprint density at radius 3 is 3.00 bits per heavy atom. The molecule has 1 unspecified atom stereocenters. The van der Waals surface area contributed by atoms with Gasteiger partial charge in [0.1, 0.15) is 16.2 Å². The molecule has 1 aliphatic rings. The molecule has 5 rings (SSSR count). The SMILES string of the molecule is O=C(c1cnn2c1[nH]c(=O)c1ccccc12)N1CCCCC1c1nccs1. The fourth-order valence-corrected chi connectivity index (χ4v) is 4.60. The molecule has 0 spiro atoms. The van der Waals surface area contributed by atoms with E-state index in [1.165, 1.54) is 0 Å². The molecule has 1 amide bonds. The third-order valence-corrected chi connectivity index (χ3v) is 5.99. The molecule has 136 valence electrons. The second-order valence-corrected chi connectivity index (χ2v) is 7.60. The number of hydrogen-bond donors (Lipinski definition) is 1. The number of amides is 1. The number of benzene rings is 1. The average Bonchev–Trinajstić information content (AvgIpc) is 3.38. The number of nitrogens with one attached hydrogen (secondary N) is 1. The number of carbonyl (C=O) groups excluding carboxylic acids is 1. The minimum absolute atomic E-state index is 0.0200. The third-order valence-electron chi connectivity index (χ3n) is 5.11. The van der Waals surface area contributed by atoms with E-state index in [0.717, 1.165) is 24.3 Å². The number of carbonyl (C=O) groups is 1. The second kappa shape index (κ2) is 6.31. The first-order valence-corrected chi connectivity index (χ1v) is 9.81. The van der Waals surface area contributed by atoms with Gasteiger partial charge in [0.05, 0.1) is 23.1 Å². The molecular weight excluding hydrogens is 362 g/mol. The van der Waals surface area contributed by atoms with Gasteiger partial charge in [-0.1, -0.05) is 12.1 Å². The Balaban J connectivity index is 1.62. The van der Waals surface area contributed by atoms with Crippen LogP contribution in [0.3, 0.4) is 0 Å². The summed E-state index contributed by atoms with van der Waals surface area (Å²) < 4.78 is 1.63. The van der Waals surface area contributed by atoms with Crippen LogP contribution < -0.4 is 5.56 Å². The van der Waals surface area contributed by atoms with E-state index in [1.54, 1.807) is 34.3 Å². The van der Waals surface area contributed by atoms with E-state index < -0.39 is 0 Å². The Hall–Kier alpha value is -3.00. The van der Waals surface area contributed by atoms with Gasteiger partial charge in [0, 0.05) is 18.1 Å². The summed E-state index contributed by atoms with van der Waals surface area (Å²) in [6, 6.07) is 7.23. The highest BCUT2D eigenvalue weighted by molar-refractivity contribution is 7.09. The number of thiazole rings is 1. The predicted octanol–water partition coefficient (Wildman–Crippen LogP) is 3.00. The van der Waals surface area contributed by atoms with Crippen molar-refractivity contribution in [1.29, 1.82) is 0 Å². The van der Waals surface area contributed by atoms with Gasteiger partial charge in [0.15, 0.2) is 0 Å². The van der Waals surface area contributed by atoms with Crippen LogP contribution in [0.4, 0.5) is 0 Å². The monoisotopic (exact) mass is 379 g/mol. The Bertz CT molecular complexity index is 1190. The zero-order chi connectivity index (χ0) is 18.4. The quantitative estimate of drug-likeness (QED) is 0.580. The zero-order valence-electron chi connectivity index (χ0n) is 14.5. The van der Waals surface area contributed by atoms with Gasteiger partial charge in [-0.05, 0) is 31.4 Å². The van der Waals surface area contributed by atoms with Crippen LogP contribution in [-0.4, -0.2) is 36.9 Å². The summed E-state index contributed by atoms with van der Waals surface area (Å²) in [5, 5.41) is 7.82. The Labute approximate surface area is 158 Å². The lowest BCUT2D eigenvalue weighted by atomic mass is 10.0. The molecule has 8 heteroatoms. The summed E-state index contributed by atoms with van der Waals surface area (Å²) in [6.07, 6.45) is 6.26. The highest BCUT2D eigenvalue weighted by Gasteiger charge is 2.32. The maximum Gasteiger partial charge on any atom is 0.259 e. The predicted molar refractivity (Wildman–Crippen MR) is 103 cm³/mol. The summed E-state index contributed by atoms with van der Waals surface area (Å²) in [7, 11) is 0. The molecule has 1 aliphatic heterocycles. The minimum atomic E-state index is -0.220. The van der Waals surface area contributed by atoms with E-state index in [0.29, 0.717) is 28.7 Å². The molecule has 0 aliphatic carbocycles. The summed E-state index contributed by atoms with van der Waals surface area (Å²) >= 11 is 1.57. The van der Waals surface area contributed by atoms with Crippen molar-refractivity contribution in [2.75, 3.05) is 6.54 Å². The first kappa shape index (κ1) is 16.2. The van der Waals surface area contributed by atoms with Crippen LogP contribution in [0.25, 0.3) is 16.6 Å². The molecule has 0 bridgehead atoms. The minimum Gasteiger partial charge on any atom is -0.329 e. The number of aromatic amines is 1. The van der Waals surface area contributed by atoms with Crippen LogP contribution >= 0.6 is 11.3 Å². The number of para-hydroxylation sites is 1. The zero-order valence-corrected chi connectivity index (χ0v) is 15.3. The molecule has 1 aromatic carbocycles. The van der Waals surface area contributed by atoms with E-state index in [1.807, 2.05) is 28.5 Å². The fraction of sp³-hybridized carbons (Fsp3) is 0.263. The van der Waals surface area contributed by atoms with E-state index in [9.17, 15) is 9.59 Å². The molecular formula is C19H17N5O2S. The summed E-state index contributed by atoms with van der Waals surface area (Å²) in [6.45, 7) is 0.679. The van der Waals surface area contributed by atoms with Crippen molar-refractivity contribution in [3.63, 3.8) is 0 Å².